The molecule has 17 atom stereocenters. The van der Waals surface area contributed by atoms with Gasteiger partial charge in [-0.1, -0.05) is 12.2 Å². The van der Waals surface area contributed by atoms with E-state index in [2.05, 4.69) is 5.32 Å². The van der Waals surface area contributed by atoms with E-state index >= 15 is 0 Å². The van der Waals surface area contributed by atoms with Crippen LogP contribution in [0.4, 0.5) is 0 Å². The molecule has 4 aliphatic rings. The molecular weight excluding hydrogens is 642 g/mol. The quantitative estimate of drug-likeness (QED) is 0.0456. The zero-order chi connectivity index (χ0) is 35.3. The molecule has 0 unspecified atom stereocenters. The van der Waals surface area contributed by atoms with E-state index in [-0.39, 0.29) is 38.6 Å². The molecule has 0 bridgehead atoms. The molecular formula is C28H53N7O13. The monoisotopic (exact) mass is 695 g/mol. The van der Waals surface area contributed by atoms with Crippen molar-refractivity contribution in [1.82, 2.24) is 10.4 Å². The average molecular weight is 696 g/mol. The first kappa shape index (κ1) is 39.3. The molecule has 4 rings (SSSR count). The summed E-state index contributed by atoms with van der Waals surface area (Å²) in [5.41, 5.74) is 29.9. The summed E-state index contributed by atoms with van der Waals surface area (Å²) in [6.45, 7) is -0.489. The highest BCUT2D eigenvalue weighted by Crippen LogP contribution is 2.37. The van der Waals surface area contributed by atoms with Gasteiger partial charge in [-0.3, -0.25) is 10.0 Å². The van der Waals surface area contributed by atoms with E-state index in [0.717, 1.165) is 0 Å². The third-order valence-electron chi connectivity index (χ3n) is 9.11. The van der Waals surface area contributed by atoms with Crippen LogP contribution in [-0.4, -0.2) is 180 Å². The molecule has 3 fully saturated rings. The van der Waals surface area contributed by atoms with Crippen LogP contribution in [0, 0.1) is 5.92 Å². The highest BCUT2D eigenvalue weighted by Gasteiger charge is 2.54. The molecule has 3 heterocycles. The number of likely N-dealkylation sites (N-methyl/N-ethyl adjacent to an activating group) is 1. The summed E-state index contributed by atoms with van der Waals surface area (Å²) in [7, 11) is 1.75. The Morgan fingerprint density at radius 2 is 1.54 bits per heavy atom. The summed E-state index contributed by atoms with van der Waals surface area (Å²) in [4.78, 5) is 12.7. The van der Waals surface area contributed by atoms with Gasteiger partial charge in [0.05, 0.1) is 37.4 Å². The second-order valence-corrected chi connectivity index (χ2v) is 12.6. The second kappa shape index (κ2) is 17.6. The van der Waals surface area contributed by atoms with E-state index < -0.39 is 110 Å². The Morgan fingerprint density at radius 1 is 0.875 bits per heavy atom. The SMILES string of the molecule is CNC[C@@H]1C=C[C@@H](N)[C@@H](O[C@H]2[C@H](O[C@@H]3O[C@H](CO)[C@@H](O[C@H]4O[C@@H](CN)[C@@H](O)[C@H](O)[C@H]4N)[C@H]3O)[C@@H](O)[C@H](CC(=O)N(O)CCN)C[C@@H]2N)O1. The number of aliphatic hydroxyl groups is 5. The van der Waals surface area contributed by atoms with Crippen molar-refractivity contribution in [2.24, 2.45) is 34.6 Å². The first-order valence-electron chi connectivity index (χ1n) is 16.1. The van der Waals surface area contributed by atoms with Crippen molar-refractivity contribution in [2.75, 3.05) is 39.8 Å². The fourth-order valence-corrected chi connectivity index (χ4v) is 6.40. The highest BCUT2D eigenvalue weighted by atomic mass is 16.8. The highest BCUT2D eigenvalue weighted by molar-refractivity contribution is 5.75. The van der Waals surface area contributed by atoms with Crippen molar-refractivity contribution in [3.05, 3.63) is 12.2 Å². The smallest absolute Gasteiger partial charge is 0.246 e. The summed E-state index contributed by atoms with van der Waals surface area (Å²) in [5, 5.41) is 67.1. The summed E-state index contributed by atoms with van der Waals surface area (Å²) in [5.74, 6) is -1.54. The van der Waals surface area contributed by atoms with Crippen LogP contribution in [0.2, 0.25) is 0 Å². The number of aliphatic hydroxyl groups excluding tert-OH is 5. The van der Waals surface area contributed by atoms with E-state index in [0.29, 0.717) is 11.6 Å². The predicted octanol–water partition coefficient (Wildman–Crippen LogP) is -6.94. The number of hydroxylamine groups is 2. The largest absolute Gasteiger partial charge is 0.394 e. The lowest BCUT2D eigenvalue weighted by molar-refractivity contribution is -0.286. The molecule has 3 aliphatic heterocycles. The van der Waals surface area contributed by atoms with E-state index in [1.807, 2.05) is 0 Å². The molecule has 0 aromatic carbocycles. The molecule has 17 N–H and O–H groups in total. The van der Waals surface area contributed by atoms with Crippen LogP contribution in [0.5, 0.6) is 0 Å². The van der Waals surface area contributed by atoms with Gasteiger partial charge in [-0.2, -0.15) is 0 Å². The van der Waals surface area contributed by atoms with E-state index in [1.165, 1.54) is 0 Å². The van der Waals surface area contributed by atoms with Crippen molar-refractivity contribution < 1.29 is 64.0 Å². The molecule has 0 aromatic rings. The van der Waals surface area contributed by atoms with Crippen molar-refractivity contribution >= 4 is 5.91 Å². The normalized spacial score (nSPS) is 45.0. The third kappa shape index (κ3) is 8.85. The molecule has 2 saturated heterocycles. The number of amides is 1. The van der Waals surface area contributed by atoms with E-state index in [4.69, 9.17) is 57.1 Å². The maximum absolute atomic E-state index is 12.7. The van der Waals surface area contributed by atoms with E-state index in [9.17, 15) is 35.5 Å². The van der Waals surface area contributed by atoms with Crippen molar-refractivity contribution in [3.8, 4) is 0 Å². The molecule has 20 heteroatoms. The van der Waals surface area contributed by atoms with Crippen LogP contribution in [0.1, 0.15) is 12.8 Å². The molecule has 1 aliphatic carbocycles. The topological polar surface area (TPSA) is 339 Å². The lowest BCUT2D eigenvalue weighted by atomic mass is 9.77. The third-order valence-corrected chi connectivity index (χ3v) is 9.11. The molecule has 0 radical (unpaired) electrons. The molecule has 1 saturated carbocycles. The first-order chi connectivity index (χ1) is 22.8. The lowest BCUT2D eigenvalue weighted by Gasteiger charge is -2.46. The number of nitrogens with zero attached hydrogens (tertiary/aromatic N) is 1. The van der Waals surface area contributed by atoms with E-state index in [1.54, 1.807) is 19.2 Å². The number of ether oxygens (including phenoxy) is 6. The number of nitrogens with one attached hydrogen (secondary N) is 1. The number of rotatable bonds is 14. The van der Waals surface area contributed by atoms with Gasteiger partial charge in [0.1, 0.15) is 48.8 Å². The van der Waals surface area contributed by atoms with Gasteiger partial charge in [0, 0.05) is 32.1 Å². The molecule has 0 spiro atoms. The number of hydrogen-bond acceptors (Lipinski definition) is 19. The second-order valence-electron chi connectivity index (χ2n) is 12.6. The number of carbonyl (C=O) groups is 1. The van der Waals surface area contributed by atoms with Crippen LogP contribution in [0.3, 0.4) is 0 Å². The Bertz CT molecular complexity index is 1050. The summed E-state index contributed by atoms with van der Waals surface area (Å²) in [6.07, 6.45) is -13.0. The molecule has 0 aromatic heterocycles. The maximum atomic E-state index is 12.7. The molecule has 48 heavy (non-hydrogen) atoms. The fourth-order valence-electron chi connectivity index (χ4n) is 6.40. The molecule has 20 nitrogen and oxygen atoms in total. The summed E-state index contributed by atoms with van der Waals surface area (Å²) < 4.78 is 35.7. The van der Waals surface area contributed by atoms with Crippen LogP contribution < -0.4 is 34.0 Å². The zero-order valence-corrected chi connectivity index (χ0v) is 26.8. The van der Waals surface area contributed by atoms with Crippen LogP contribution in [0.15, 0.2) is 12.2 Å². The average Bonchev–Trinajstić information content (AvgIpc) is 3.36. The predicted molar refractivity (Wildman–Crippen MR) is 163 cm³/mol. The summed E-state index contributed by atoms with van der Waals surface area (Å²) in [6, 6.07) is -2.83. The number of nitrogens with two attached hydrogens (primary N) is 5. The van der Waals surface area contributed by atoms with Gasteiger partial charge in [-0.15, -0.1) is 0 Å². The van der Waals surface area contributed by atoms with Crippen molar-refractivity contribution in [3.63, 3.8) is 0 Å². The minimum absolute atomic E-state index is 0.0106. The minimum Gasteiger partial charge on any atom is -0.394 e. The fraction of sp³-hybridized carbons (Fsp3) is 0.893. The van der Waals surface area contributed by atoms with Gasteiger partial charge >= 0.3 is 0 Å². The van der Waals surface area contributed by atoms with Gasteiger partial charge in [0.15, 0.2) is 18.9 Å². The van der Waals surface area contributed by atoms with Gasteiger partial charge in [-0.05, 0) is 19.4 Å². The van der Waals surface area contributed by atoms with Crippen LogP contribution >= 0.6 is 0 Å². The van der Waals surface area contributed by atoms with Crippen molar-refractivity contribution in [1.29, 1.82) is 0 Å². The Labute approximate surface area is 277 Å². The Kier molecular flexibility index (Phi) is 14.4. The van der Waals surface area contributed by atoms with Crippen LogP contribution in [-0.2, 0) is 33.2 Å². The Balaban J connectivity index is 1.55. The Hall–Kier alpha value is -1.51. The molecule has 278 valence electrons. The Morgan fingerprint density at radius 3 is 2.19 bits per heavy atom. The van der Waals surface area contributed by atoms with Gasteiger partial charge in [-0.25, -0.2) is 5.06 Å². The number of hydrogen-bond donors (Lipinski definition) is 12. The van der Waals surface area contributed by atoms with Gasteiger partial charge < -0.3 is 87.9 Å². The molecule has 1 amide bonds. The van der Waals surface area contributed by atoms with Crippen LogP contribution in [0.25, 0.3) is 0 Å². The van der Waals surface area contributed by atoms with Crippen molar-refractivity contribution in [2.45, 2.75) is 111 Å². The zero-order valence-electron chi connectivity index (χ0n) is 26.8. The maximum Gasteiger partial charge on any atom is 0.246 e. The van der Waals surface area contributed by atoms with Gasteiger partial charge in [0.2, 0.25) is 5.91 Å². The standard InChI is InChI=1S/C28H53N7O13/c1-34-9-12-2-3-13(31)26(43-12)46-23-14(32)6-11(7-17(37)35(42)5-4-29)19(38)25(23)48-28-22(41)24(16(10-36)45-28)47-27-18(33)21(40)20(39)15(8-30)44-27/h2-3,11-16,18-28,34,36,38-42H,4-10,29-33H2,1H3/t11-,12-,13+,14-,15-,16+,18+,19-,20+,21+,22+,23+,24+,25+,26+,27+,28-/m0/s1. The summed E-state index contributed by atoms with van der Waals surface area (Å²) >= 11 is 0. The lowest BCUT2D eigenvalue weighted by Crippen LogP contribution is -2.64. The minimum atomic E-state index is -1.63. The van der Waals surface area contributed by atoms with Gasteiger partial charge in [0.25, 0.3) is 0 Å². The first-order valence-corrected chi connectivity index (χ1v) is 16.1. The number of carbonyl (C=O) groups excluding carboxylic acids is 1.